The van der Waals surface area contributed by atoms with Crippen LogP contribution in [-0.4, -0.2) is 31.8 Å². The van der Waals surface area contributed by atoms with Crippen LogP contribution in [0.5, 0.6) is 0 Å². The molecule has 6 heteroatoms. The molecule has 0 aromatic carbocycles. The topological polar surface area (TPSA) is 84.5 Å². The Labute approximate surface area is 154 Å². The van der Waals surface area contributed by atoms with Crippen molar-refractivity contribution < 1.29 is 0 Å². The lowest BCUT2D eigenvalue weighted by Crippen LogP contribution is -2.33. The summed E-state index contributed by atoms with van der Waals surface area (Å²) in [6, 6.07) is 3.06. The number of fused-ring (bicyclic) bond motifs is 1. The normalized spacial score (nSPS) is 20.6. The number of hydrogen-bond acceptors (Lipinski definition) is 4. The van der Waals surface area contributed by atoms with Gasteiger partial charge in [-0.15, -0.1) is 0 Å². The average molecular weight is 352 g/mol. The first-order chi connectivity index (χ1) is 12.6. The number of rotatable bonds is 5. The van der Waals surface area contributed by atoms with E-state index < -0.39 is 0 Å². The Kier molecular flexibility index (Phi) is 4.68. The standard InChI is InChI=1S/C20H28N6/c1-3-4-16-9-17-19(24-15-7-5-14(21)6-8-15)18(11-22-20(17)25-16)13-10-23-26(2)12-13/h9-12,14-15H,3-8,21H2,1-2H3,(H2,22,24,25)/t14-,15-. The molecule has 1 aliphatic rings. The maximum atomic E-state index is 6.09. The minimum atomic E-state index is 0.353. The van der Waals surface area contributed by atoms with Crippen molar-refractivity contribution in [1.29, 1.82) is 0 Å². The number of anilines is 1. The van der Waals surface area contributed by atoms with E-state index in [1.807, 2.05) is 30.3 Å². The highest BCUT2D eigenvalue weighted by Crippen LogP contribution is 2.36. The molecule has 3 aromatic rings. The van der Waals surface area contributed by atoms with Crippen LogP contribution in [-0.2, 0) is 13.5 Å². The van der Waals surface area contributed by atoms with E-state index >= 15 is 0 Å². The highest BCUT2D eigenvalue weighted by Gasteiger charge is 2.22. The molecule has 138 valence electrons. The van der Waals surface area contributed by atoms with Crippen molar-refractivity contribution in [1.82, 2.24) is 19.7 Å². The van der Waals surface area contributed by atoms with Crippen LogP contribution < -0.4 is 11.1 Å². The first kappa shape index (κ1) is 17.1. The van der Waals surface area contributed by atoms with Crippen molar-refractivity contribution in [2.75, 3.05) is 5.32 Å². The molecule has 4 rings (SSSR count). The predicted octanol–water partition coefficient (Wildman–Crippen LogP) is 3.60. The molecular weight excluding hydrogens is 324 g/mol. The lowest BCUT2D eigenvalue weighted by Gasteiger charge is -2.28. The first-order valence-electron chi connectivity index (χ1n) is 9.65. The second-order valence-corrected chi connectivity index (χ2v) is 7.51. The summed E-state index contributed by atoms with van der Waals surface area (Å²) in [5.74, 6) is 0. The molecule has 26 heavy (non-hydrogen) atoms. The van der Waals surface area contributed by atoms with Gasteiger partial charge in [0.15, 0.2) is 0 Å². The highest BCUT2D eigenvalue weighted by molar-refractivity contribution is 5.98. The molecule has 0 amide bonds. The van der Waals surface area contributed by atoms with E-state index in [9.17, 15) is 0 Å². The molecule has 3 aromatic heterocycles. The van der Waals surface area contributed by atoms with Gasteiger partial charge in [-0.05, 0) is 38.2 Å². The van der Waals surface area contributed by atoms with E-state index in [-0.39, 0.29) is 0 Å². The second kappa shape index (κ2) is 7.11. The Bertz CT molecular complexity index is 885. The Morgan fingerprint density at radius 3 is 2.77 bits per heavy atom. The number of nitrogens with zero attached hydrogens (tertiary/aromatic N) is 3. The minimum absolute atomic E-state index is 0.353. The quantitative estimate of drug-likeness (QED) is 0.655. The molecule has 3 heterocycles. The van der Waals surface area contributed by atoms with E-state index in [1.165, 1.54) is 16.8 Å². The van der Waals surface area contributed by atoms with Gasteiger partial charge in [-0.25, -0.2) is 4.98 Å². The summed E-state index contributed by atoms with van der Waals surface area (Å²) in [7, 11) is 1.95. The van der Waals surface area contributed by atoms with Crippen LogP contribution in [0, 0.1) is 0 Å². The predicted molar refractivity (Wildman–Crippen MR) is 106 cm³/mol. The fraction of sp³-hybridized carbons (Fsp3) is 0.500. The van der Waals surface area contributed by atoms with Gasteiger partial charge in [0, 0.05) is 53.7 Å². The van der Waals surface area contributed by atoms with Crippen LogP contribution in [0.25, 0.3) is 22.2 Å². The maximum Gasteiger partial charge on any atom is 0.139 e. The number of aromatic amines is 1. The van der Waals surface area contributed by atoms with Crippen molar-refractivity contribution in [3.8, 4) is 11.1 Å². The van der Waals surface area contributed by atoms with E-state index in [1.54, 1.807) is 0 Å². The molecule has 0 atom stereocenters. The van der Waals surface area contributed by atoms with Crippen molar-refractivity contribution in [3.63, 3.8) is 0 Å². The number of nitrogens with two attached hydrogens (primary N) is 1. The van der Waals surface area contributed by atoms with Gasteiger partial charge >= 0.3 is 0 Å². The van der Waals surface area contributed by atoms with E-state index in [2.05, 4.69) is 33.4 Å². The molecular formula is C20H28N6. The zero-order chi connectivity index (χ0) is 18.1. The maximum absolute atomic E-state index is 6.09. The zero-order valence-corrected chi connectivity index (χ0v) is 15.6. The van der Waals surface area contributed by atoms with Crippen molar-refractivity contribution >= 4 is 16.7 Å². The smallest absolute Gasteiger partial charge is 0.139 e. The van der Waals surface area contributed by atoms with Gasteiger partial charge in [0.2, 0.25) is 0 Å². The van der Waals surface area contributed by atoms with Crippen molar-refractivity contribution in [2.45, 2.75) is 57.5 Å². The third kappa shape index (κ3) is 3.33. The number of aromatic nitrogens is 4. The summed E-state index contributed by atoms with van der Waals surface area (Å²) < 4.78 is 1.84. The van der Waals surface area contributed by atoms with Crippen LogP contribution in [0.2, 0.25) is 0 Å². The highest BCUT2D eigenvalue weighted by atomic mass is 15.2. The SMILES string of the molecule is CCCc1cc2c(N[C@H]3CC[C@H](N)CC3)c(-c3cnn(C)c3)cnc2[nH]1. The van der Waals surface area contributed by atoms with E-state index in [0.717, 1.165) is 55.3 Å². The molecule has 6 nitrogen and oxygen atoms in total. The molecule has 0 spiro atoms. The largest absolute Gasteiger partial charge is 0.381 e. The first-order valence-corrected chi connectivity index (χ1v) is 9.65. The molecule has 0 saturated heterocycles. The summed E-state index contributed by atoms with van der Waals surface area (Å²) in [5, 5.41) is 9.34. The number of hydrogen-bond donors (Lipinski definition) is 3. The van der Waals surface area contributed by atoms with Crippen LogP contribution in [0.4, 0.5) is 5.69 Å². The Hall–Kier alpha value is -2.34. The fourth-order valence-corrected chi connectivity index (χ4v) is 3.94. The molecule has 1 fully saturated rings. The van der Waals surface area contributed by atoms with Crippen molar-refractivity contribution in [2.24, 2.45) is 12.8 Å². The molecule has 1 aliphatic carbocycles. The minimum Gasteiger partial charge on any atom is -0.381 e. The zero-order valence-electron chi connectivity index (χ0n) is 15.6. The van der Waals surface area contributed by atoms with Crippen LogP contribution in [0.15, 0.2) is 24.7 Å². The third-order valence-electron chi connectivity index (χ3n) is 5.37. The van der Waals surface area contributed by atoms with Gasteiger partial charge in [-0.3, -0.25) is 4.68 Å². The van der Waals surface area contributed by atoms with E-state index in [0.29, 0.717) is 12.1 Å². The van der Waals surface area contributed by atoms with Crippen molar-refractivity contribution in [3.05, 3.63) is 30.4 Å². The monoisotopic (exact) mass is 352 g/mol. The van der Waals surface area contributed by atoms with Gasteiger partial charge in [0.05, 0.1) is 11.9 Å². The Balaban J connectivity index is 1.76. The lowest BCUT2D eigenvalue weighted by atomic mass is 9.91. The summed E-state index contributed by atoms with van der Waals surface area (Å²) in [4.78, 5) is 8.16. The number of H-pyrrole nitrogens is 1. The molecule has 0 bridgehead atoms. The summed E-state index contributed by atoms with van der Waals surface area (Å²) >= 11 is 0. The molecule has 0 unspecified atom stereocenters. The number of pyridine rings is 1. The fourth-order valence-electron chi connectivity index (χ4n) is 3.94. The summed E-state index contributed by atoms with van der Waals surface area (Å²) in [6.45, 7) is 2.20. The van der Waals surface area contributed by atoms with Crippen LogP contribution in [0.1, 0.15) is 44.7 Å². The third-order valence-corrected chi connectivity index (χ3v) is 5.37. The van der Waals surface area contributed by atoms with Crippen LogP contribution in [0.3, 0.4) is 0 Å². The van der Waals surface area contributed by atoms with Gasteiger partial charge < -0.3 is 16.0 Å². The summed E-state index contributed by atoms with van der Waals surface area (Å²) in [6.07, 6.45) is 12.5. The lowest BCUT2D eigenvalue weighted by molar-refractivity contribution is 0.411. The summed E-state index contributed by atoms with van der Waals surface area (Å²) in [5.41, 5.74) is 11.7. The number of nitrogens with one attached hydrogen (secondary N) is 2. The van der Waals surface area contributed by atoms with E-state index in [4.69, 9.17) is 5.73 Å². The molecule has 0 radical (unpaired) electrons. The Morgan fingerprint density at radius 1 is 1.27 bits per heavy atom. The van der Waals surface area contributed by atoms with Crippen LogP contribution >= 0.6 is 0 Å². The molecule has 4 N–H and O–H groups in total. The van der Waals surface area contributed by atoms with Gasteiger partial charge in [-0.2, -0.15) is 5.10 Å². The molecule has 1 saturated carbocycles. The van der Waals surface area contributed by atoms with Gasteiger partial charge in [0.25, 0.3) is 0 Å². The van der Waals surface area contributed by atoms with Gasteiger partial charge in [-0.1, -0.05) is 13.3 Å². The van der Waals surface area contributed by atoms with Gasteiger partial charge in [0.1, 0.15) is 5.65 Å². The number of aryl methyl sites for hydroxylation is 2. The Morgan fingerprint density at radius 2 is 2.08 bits per heavy atom. The molecule has 0 aliphatic heterocycles. The average Bonchev–Trinajstić information content (AvgIpc) is 3.23. The second-order valence-electron chi connectivity index (χ2n) is 7.51.